The van der Waals surface area contributed by atoms with Gasteiger partial charge in [0.15, 0.2) is 0 Å². The molecule has 0 aliphatic heterocycles. The lowest BCUT2D eigenvalue weighted by molar-refractivity contribution is 0.0634. The molecule has 0 atom stereocenters. The van der Waals surface area contributed by atoms with Crippen LogP contribution in [-0.4, -0.2) is 27.9 Å². The summed E-state index contributed by atoms with van der Waals surface area (Å²) in [6.07, 6.45) is -0.672. The van der Waals surface area contributed by atoms with E-state index in [1.165, 1.54) is 19.1 Å². The summed E-state index contributed by atoms with van der Waals surface area (Å²) in [5, 5.41) is 20.9. The second-order valence-corrected chi connectivity index (χ2v) is 5.12. The zero-order chi connectivity index (χ0) is 14.8. The minimum absolute atomic E-state index is 0.185. The van der Waals surface area contributed by atoms with Gasteiger partial charge in [-0.15, -0.1) is 0 Å². The maximum Gasteiger partial charge on any atom is 0.412 e. The van der Waals surface area contributed by atoms with Crippen molar-refractivity contribution in [2.45, 2.75) is 33.3 Å². The fourth-order valence-electron chi connectivity index (χ4n) is 1.54. The zero-order valence-corrected chi connectivity index (χ0v) is 11.3. The van der Waals surface area contributed by atoms with Gasteiger partial charge in [0.05, 0.1) is 0 Å². The van der Waals surface area contributed by atoms with Crippen molar-refractivity contribution in [3.05, 3.63) is 23.3 Å². The number of aryl methyl sites for hydroxylation is 1. The van der Waals surface area contributed by atoms with Crippen molar-refractivity contribution in [2.75, 3.05) is 5.32 Å². The second-order valence-electron chi connectivity index (χ2n) is 5.12. The Bertz CT molecular complexity index is 493. The molecule has 0 aliphatic carbocycles. The third-order valence-electron chi connectivity index (χ3n) is 2.17. The summed E-state index contributed by atoms with van der Waals surface area (Å²) >= 11 is 0. The minimum Gasteiger partial charge on any atom is -0.507 e. The highest BCUT2D eigenvalue weighted by Crippen LogP contribution is 2.26. The molecule has 3 N–H and O–H groups in total. The molecule has 6 nitrogen and oxygen atoms in total. The van der Waals surface area contributed by atoms with Crippen LogP contribution < -0.4 is 5.32 Å². The molecule has 0 saturated carbocycles. The molecule has 0 spiro atoms. The first kappa shape index (κ1) is 14.8. The van der Waals surface area contributed by atoms with Crippen molar-refractivity contribution < 1.29 is 24.5 Å². The number of anilines is 1. The van der Waals surface area contributed by atoms with Crippen molar-refractivity contribution in [1.82, 2.24) is 0 Å². The molecule has 104 valence electrons. The number of aromatic hydroxyl groups is 1. The van der Waals surface area contributed by atoms with Crippen molar-refractivity contribution in [2.24, 2.45) is 0 Å². The van der Waals surface area contributed by atoms with E-state index in [-0.39, 0.29) is 11.3 Å². The monoisotopic (exact) mass is 267 g/mol. The maximum absolute atomic E-state index is 11.5. The number of phenols is 1. The topological polar surface area (TPSA) is 95.9 Å². The van der Waals surface area contributed by atoms with Gasteiger partial charge in [0.25, 0.3) is 0 Å². The quantitative estimate of drug-likeness (QED) is 0.765. The van der Waals surface area contributed by atoms with Crippen LogP contribution >= 0.6 is 0 Å². The number of ether oxygens (including phenoxy) is 1. The van der Waals surface area contributed by atoms with Gasteiger partial charge in [0.2, 0.25) is 0 Å². The van der Waals surface area contributed by atoms with E-state index in [9.17, 15) is 14.7 Å². The van der Waals surface area contributed by atoms with Crippen molar-refractivity contribution in [3.8, 4) is 5.75 Å². The Morgan fingerprint density at radius 1 is 1.26 bits per heavy atom. The van der Waals surface area contributed by atoms with Gasteiger partial charge in [-0.25, -0.2) is 9.59 Å². The van der Waals surface area contributed by atoms with E-state index < -0.39 is 23.4 Å². The van der Waals surface area contributed by atoms with Gasteiger partial charge in [0.1, 0.15) is 16.9 Å². The predicted octanol–water partition coefficient (Wildman–Crippen LogP) is 2.75. The molecule has 1 rings (SSSR count). The Balaban J connectivity index is 2.93. The summed E-state index contributed by atoms with van der Waals surface area (Å²) in [5.74, 6) is -1.63. The molecule has 1 aromatic rings. The van der Waals surface area contributed by atoms with Gasteiger partial charge in [-0.2, -0.15) is 0 Å². The minimum atomic E-state index is -1.22. The van der Waals surface area contributed by atoms with E-state index in [2.05, 4.69) is 5.32 Å². The lowest BCUT2D eigenvalue weighted by atomic mass is 10.1. The molecule has 19 heavy (non-hydrogen) atoms. The van der Waals surface area contributed by atoms with Crippen molar-refractivity contribution in [1.29, 1.82) is 0 Å². The molecule has 1 aromatic carbocycles. The van der Waals surface area contributed by atoms with Crippen LogP contribution in [0.25, 0.3) is 0 Å². The van der Waals surface area contributed by atoms with Crippen LogP contribution in [0.15, 0.2) is 12.1 Å². The van der Waals surface area contributed by atoms with Gasteiger partial charge in [0, 0.05) is 11.8 Å². The smallest absolute Gasteiger partial charge is 0.412 e. The van der Waals surface area contributed by atoms with E-state index in [0.29, 0.717) is 5.56 Å². The standard InChI is InChI=1S/C13H17NO5/c1-7-5-8(6-9(15)10(7)11(16)17)14-12(18)19-13(2,3)4/h5-6,15H,1-4H3,(H,14,18)(H,16,17). The van der Waals surface area contributed by atoms with Crippen LogP contribution in [-0.2, 0) is 4.74 Å². The molecular weight excluding hydrogens is 250 g/mol. The van der Waals surface area contributed by atoms with E-state index in [0.717, 1.165) is 0 Å². The van der Waals surface area contributed by atoms with Crippen LogP contribution in [0.2, 0.25) is 0 Å². The van der Waals surface area contributed by atoms with Crippen LogP contribution in [0, 0.1) is 6.92 Å². The van der Waals surface area contributed by atoms with Gasteiger partial charge >= 0.3 is 12.1 Å². The Morgan fingerprint density at radius 2 is 1.84 bits per heavy atom. The number of carboxylic acid groups (broad SMARTS) is 1. The largest absolute Gasteiger partial charge is 0.507 e. The summed E-state index contributed by atoms with van der Waals surface area (Å²) in [5.41, 5.74) is -0.204. The molecular formula is C13H17NO5. The van der Waals surface area contributed by atoms with Gasteiger partial charge in [-0.3, -0.25) is 5.32 Å². The lowest BCUT2D eigenvalue weighted by Crippen LogP contribution is -2.27. The molecule has 0 fully saturated rings. The molecule has 0 aromatic heterocycles. The van der Waals surface area contributed by atoms with Crippen LogP contribution in [0.4, 0.5) is 10.5 Å². The van der Waals surface area contributed by atoms with Crippen LogP contribution in [0.3, 0.4) is 0 Å². The number of rotatable bonds is 2. The average Bonchev–Trinajstić information content (AvgIpc) is 2.10. The highest BCUT2D eigenvalue weighted by atomic mass is 16.6. The number of aromatic carboxylic acids is 1. The molecule has 0 aliphatic rings. The SMILES string of the molecule is Cc1cc(NC(=O)OC(C)(C)C)cc(O)c1C(=O)O. The fraction of sp³-hybridized carbons (Fsp3) is 0.385. The third-order valence-corrected chi connectivity index (χ3v) is 2.17. The first-order valence-corrected chi connectivity index (χ1v) is 5.67. The molecule has 0 unspecified atom stereocenters. The molecule has 0 heterocycles. The number of benzene rings is 1. The highest BCUT2D eigenvalue weighted by Gasteiger charge is 2.18. The molecule has 1 amide bonds. The zero-order valence-electron chi connectivity index (χ0n) is 11.3. The molecule has 0 bridgehead atoms. The number of carbonyl (C=O) groups is 2. The second kappa shape index (κ2) is 5.17. The Hall–Kier alpha value is -2.24. The number of carbonyl (C=O) groups excluding carboxylic acids is 1. The summed E-state index contributed by atoms with van der Waals surface area (Å²) in [6.45, 7) is 6.71. The van der Waals surface area contributed by atoms with Gasteiger partial charge < -0.3 is 14.9 Å². The van der Waals surface area contributed by atoms with E-state index in [1.54, 1.807) is 20.8 Å². The molecule has 0 saturated heterocycles. The van der Waals surface area contributed by atoms with Gasteiger partial charge in [-0.1, -0.05) is 0 Å². The first-order chi connectivity index (χ1) is 8.60. The molecule has 6 heteroatoms. The highest BCUT2D eigenvalue weighted by molar-refractivity contribution is 5.94. The summed E-state index contributed by atoms with van der Waals surface area (Å²) in [6, 6.07) is 2.62. The average molecular weight is 267 g/mol. The van der Waals surface area contributed by atoms with Crippen LogP contribution in [0.1, 0.15) is 36.7 Å². The predicted molar refractivity (Wildman–Crippen MR) is 69.7 cm³/mol. The number of amides is 1. The Labute approximate surface area is 111 Å². The fourth-order valence-corrected chi connectivity index (χ4v) is 1.54. The van der Waals surface area contributed by atoms with Gasteiger partial charge in [-0.05, 0) is 39.3 Å². The van der Waals surface area contributed by atoms with Crippen molar-refractivity contribution >= 4 is 17.7 Å². The van der Waals surface area contributed by atoms with Crippen LogP contribution in [0.5, 0.6) is 5.75 Å². The number of carboxylic acids is 1. The summed E-state index contributed by atoms with van der Waals surface area (Å²) in [7, 11) is 0. The number of nitrogens with one attached hydrogen (secondary N) is 1. The van der Waals surface area contributed by atoms with E-state index in [4.69, 9.17) is 9.84 Å². The Kier molecular flexibility index (Phi) is 4.04. The Morgan fingerprint density at radius 3 is 2.26 bits per heavy atom. The first-order valence-electron chi connectivity index (χ1n) is 5.67. The van der Waals surface area contributed by atoms with Crippen molar-refractivity contribution in [3.63, 3.8) is 0 Å². The van der Waals surface area contributed by atoms with E-state index in [1.807, 2.05) is 0 Å². The third kappa shape index (κ3) is 4.17. The van der Waals surface area contributed by atoms with E-state index >= 15 is 0 Å². The maximum atomic E-state index is 11.5. The normalized spacial score (nSPS) is 10.9. The lowest BCUT2D eigenvalue weighted by Gasteiger charge is -2.20. The summed E-state index contributed by atoms with van der Waals surface area (Å²) in [4.78, 5) is 22.4. The number of hydrogen-bond donors (Lipinski definition) is 3. The number of hydrogen-bond acceptors (Lipinski definition) is 4. The summed E-state index contributed by atoms with van der Waals surface area (Å²) < 4.78 is 5.05. The molecule has 0 radical (unpaired) electrons.